The molecule has 9 heteroatoms. The SMILES string of the molecule is C/C(=N/Nc1cc(-n2nc(C)cc2C)nc(C)n1)c1cccc([N+](=O)[O-])c1. The lowest BCUT2D eigenvalue weighted by molar-refractivity contribution is -0.384. The summed E-state index contributed by atoms with van der Waals surface area (Å²) < 4.78 is 1.74. The molecule has 0 atom stereocenters. The second kappa shape index (κ2) is 7.32. The topological polar surface area (TPSA) is 111 Å². The van der Waals surface area contributed by atoms with Gasteiger partial charge in [-0.1, -0.05) is 12.1 Å². The summed E-state index contributed by atoms with van der Waals surface area (Å²) in [6.07, 6.45) is 0. The normalized spacial score (nSPS) is 11.5. The highest BCUT2D eigenvalue weighted by Gasteiger charge is 2.10. The Balaban J connectivity index is 1.87. The molecule has 0 aliphatic heterocycles. The molecule has 3 rings (SSSR count). The second-order valence-corrected chi connectivity index (χ2v) is 6.11. The lowest BCUT2D eigenvalue weighted by Gasteiger charge is -2.08. The van der Waals surface area contributed by atoms with Gasteiger partial charge in [0.2, 0.25) is 0 Å². The van der Waals surface area contributed by atoms with Crippen LogP contribution in [0.3, 0.4) is 0 Å². The van der Waals surface area contributed by atoms with Crippen LogP contribution in [0.25, 0.3) is 5.82 Å². The third-order valence-electron chi connectivity index (χ3n) is 3.86. The Morgan fingerprint density at radius 2 is 1.96 bits per heavy atom. The smallest absolute Gasteiger partial charge is 0.261 e. The molecule has 1 aromatic carbocycles. The molecule has 1 N–H and O–H groups in total. The van der Waals surface area contributed by atoms with Crippen LogP contribution >= 0.6 is 0 Å². The zero-order valence-electron chi connectivity index (χ0n) is 15.5. The van der Waals surface area contributed by atoms with Crippen molar-refractivity contribution in [2.75, 3.05) is 5.43 Å². The largest absolute Gasteiger partial charge is 0.270 e. The van der Waals surface area contributed by atoms with Gasteiger partial charge in [-0.05, 0) is 33.8 Å². The van der Waals surface area contributed by atoms with E-state index in [-0.39, 0.29) is 5.69 Å². The van der Waals surface area contributed by atoms with E-state index in [0.29, 0.717) is 28.7 Å². The number of hydrazone groups is 1. The van der Waals surface area contributed by atoms with E-state index in [9.17, 15) is 10.1 Å². The first-order valence-electron chi connectivity index (χ1n) is 8.28. The van der Waals surface area contributed by atoms with Crippen molar-refractivity contribution < 1.29 is 4.92 Å². The van der Waals surface area contributed by atoms with Crippen LogP contribution in [0.5, 0.6) is 0 Å². The zero-order chi connectivity index (χ0) is 19.6. The van der Waals surface area contributed by atoms with Gasteiger partial charge >= 0.3 is 0 Å². The van der Waals surface area contributed by atoms with E-state index in [2.05, 4.69) is 25.6 Å². The van der Waals surface area contributed by atoms with Crippen molar-refractivity contribution in [3.63, 3.8) is 0 Å². The first kappa shape index (κ1) is 18.2. The van der Waals surface area contributed by atoms with Crippen LogP contribution in [0, 0.1) is 30.9 Å². The van der Waals surface area contributed by atoms with Crippen LogP contribution in [-0.4, -0.2) is 30.4 Å². The Kier molecular flexibility index (Phi) is 4.93. The number of hydrogen-bond donors (Lipinski definition) is 1. The van der Waals surface area contributed by atoms with Crippen molar-refractivity contribution in [2.24, 2.45) is 5.10 Å². The lowest BCUT2D eigenvalue weighted by Crippen LogP contribution is -2.07. The molecular formula is C18H19N7O2. The molecular weight excluding hydrogens is 346 g/mol. The van der Waals surface area contributed by atoms with Crippen molar-refractivity contribution in [1.82, 2.24) is 19.7 Å². The quantitative estimate of drug-likeness (QED) is 0.422. The summed E-state index contributed by atoms with van der Waals surface area (Å²) in [5.74, 6) is 1.72. The summed E-state index contributed by atoms with van der Waals surface area (Å²) in [6.45, 7) is 7.43. The molecule has 0 spiro atoms. The van der Waals surface area contributed by atoms with E-state index in [4.69, 9.17) is 0 Å². The predicted molar refractivity (Wildman–Crippen MR) is 102 cm³/mol. The molecule has 0 saturated heterocycles. The average Bonchev–Trinajstić information content (AvgIpc) is 2.97. The number of nitrogens with one attached hydrogen (secondary N) is 1. The highest BCUT2D eigenvalue weighted by molar-refractivity contribution is 5.99. The Morgan fingerprint density at radius 1 is 1.19 bits per heavy atom. The van der Waals surface area contributed by atoms with Crippen molar-refractivity contribution in [2.45, 2.75) is 27.7 Å². The molecule has 0 aliphatic carbocycles. The molecule has 0 saturated carbocycles. The highest BCUT2D eigenvalue weighted by Crippen LogP contribution is 2.16. The van der Waals surface area contributed by atoms with Gasteiger partial charge in [0.05, 0.1) is 16.3 Å². The van der Waals surface area contributed by atoms with Crippen LogP contribution in [0.15, 0.2) is 41.5 Å². The van der Waals surface area contributed by atoms with Crippen LogP contribution in [0.2, 0.25) is 0 Å². The number of benzene rings is 1. The zero-order valence-corrected chi connectivity index (χ0v) is 15.5. The van der Waals surface area contributed by atoms with E-state index >= 15 is 0 Å². The Labute approximate surface area is 155 Å². The van der Waals surface area contributed by atoms with Gasteiger partial charge in [-0.2, -0.15) is 10.2 Å². The number of hydrogen-bond acceptors (Lipinski definition) is 7. The van der Waals surface area contributed by atoms with E-state index in [1.807, 2.05) is 19.9 Å². The van der Waals surface area contributed by atoms with Gasteiger partial charge in [-0.3, -0.25) is 15.5 Å². The Hall–Kier alpha value is -3.62. The summed E-state index contributed by atoms with van der Waals surface area (Å²) in [6, 6.07) is 10.0. The van der Waals surface area contributed by atoms with Gasteiger partial charge in [0.25, 0.3) is 5.69 Å². The highest BCUT2D eigenvalue weighted by atomic mass is 16.6. The number of aryl methyl sites for hydroxylation is 3. The van der Waals surface area contributed by atoms with Crippen LogP contribution in [0.1, 0.15) is 29.7 Å². The number of nitrogens with zero attached hydrogens (tertiary/aromatic N) is 6. The number of non-ortho nitro benzene ring substituents is 1. The first-order chi connectivity index (χ1) is 12.8. The first-order valence-corrected chi connectivity index (χ1v) is 8.28. The van der Waals surface area contributed by atoms with Gasteiger partial charge in [-0.15, -0.1) is 0 Å². The molecule has 138 valence electrons. The summed E-state index contributed by atoms with van der Waals surface area (Å²) in [5.41, 5.74) is 6.03. The van der Waals surface area contributed by atoms with Gasteiger partial charge in [0, 0.05) is 29.5 Å². The number of rotatable bonds is 5. The van der Waals surface area contributed by atoms with Gasteiger partial charge < -0.3 is 0 Å². The van der Waals surface area contributed by atoms with E-state index in [1.165, 1.54) is 12.1 Å². The lowest BCUT2D eigenvalue weighted by atomic mass is 10.1. The Morgan fingerprint density at radius 3 is 2.63 bits per heavy atom. The average molecular weight is 365 g/mol. The van der Waals surface area contributed by atoms with E-state index in [0.717, 1.165) is 11.4 Å². The van der Waals surface area contributed by atoms with Gasteiger partial charge in [0.15, 0.2) is 11.6 Å². The predicted octanol–water partition coefficient (Wildman–Crippen LogP) is 3.33. The summed E-state index contributed by atoms with van der Waals surface area (Å²) >= 11 is 0. The molecule has 27 heavy (non-hydrogen) atoms. The van der Waals surface area contributed by atoms with Crippen molar-refractivity contribution in [1.29, 1.82) is 0 Å². The maximum Gasteiger partial charge on any atom is 0.270 e. The number of nitro groups is 1. The standard InChI is InChI=1S/C18H19N7O2/c1-11-8-12(2)24(23-11)18-10-17(19-14(4)20-18)22-21-13(3)15-6-5-7-16(9-15)25(26)27/h5-10H,1-4H3,(H,19,20,22)/b21-13-. The molecule has 2 aromatic heterocycles. The summed E-state index contributed by atoms with van der Waals surface area (Å²) in [7, 11) is 0. The number of anilines is 1. The fourth-order valence-electron chi connectivity index (χ4n) is 2.63. The molecule has 0 aliphatic rings. The minimum absolute atomic E-state index is 0.0201. The fraction of sp³-hybridized carbons (Fsp3) is 0.222. The second-order valence-electron chi connectivity index (χ2n) is 6.11. The van der Waals surface area contributed by atoms with Crippen LogP contribution in [0.4, 0.5) is 11.5 Å². The van der Waals surface area contributed by atoms with Crippen LogP contribution < -0.4 is 5.43 Å². The van der Waals surface area contributed by atoms with Gasteiger partial charge in [0.1, 0.15) is 5.82 Å². The minimum Gasteiger partial charge on any atom is -0.261 e. The summed E-state index contributed by atoms with van der Waals surface area (Å²) in [4.78, 5) is 19.2. The van der Waals surface area contributed by atoms with E-state index in [1.54, 1.807) is 36.7 Å². The van der Waals surface area contributed by atoms with Gasteiger partial charge in [-0.25, -0.2) is 14.6 Å². The summed E-state index contributed by atoms with van der Waals surface area (Å²) in [5, 5.41) is 19.6. The molecule has 0 fully saturated rings. The molecule has 3 aromatic rings. The monoisotopic (exact) mass is 365 g/mol. The van der Waals surface area contributed by atoms with Crippen molar-refractivity contribution >= 4 is 17.2 Å². The third kappa shape index (κ3) is 4.14. The maximum absolute atomic E-state index is 10.9. The Bertz CT molecular complexity index is 1040. The minimum atomic E-state index is -0.432. The molecule has 0 unspecified atom stereocenters. The fourth-order valence-corrected chi connectivity index (χ4v) is 2.63. The molecule has 0 radical (unpaired) electrons. The third-order valence-corrected chi connectivity index (χ3v) is 3.86. The number of nitro benzene ring substituents is 1. The molecule has 0 bridgehead atoms. The van der Waals surface area contributed by atoms with Crippen molar-refractivity contribution in [3.05, 3.63) is 69.3 Å². The molecule has 0 amide bonds. The van der Waals surface area contributed by atoms with Crippen molar-refractivity contribution in [3.8, 4) is 5.82 Å². The maximum atomic E-state index is 10.9. The molecule has 9 nitrogen and oxygen atoms in total. The molecule has 2 heterocycles. The number of aromatic nitrogens is 4. The van der Waals surface area contributed by atoms with Crippen LogP contribution in [-0.2, 0) is 0 Å². The van der Waals surface area contributed by atoms with E-state index < -0.39 is 4.92 Å².